The van der Waals surface area contributed by atoms with Crippen molar-refractivity contribution >= 4 is 28.2 Å². The number of allylic oxidation sites excluding steroid dienone is 4. The van der Waals surface area contributed by atoms with E-state index >= 15 is 0 Å². The van der Waals surface area contributed by atoms with Gasteiger partial charge >= 0.3 is 0 Å². The van der Waals surface area contributed by atoms with E-state index in [-0.39, 0.29) is 5.82 Å². The third-order valence-corrected chi connectivity index (χ3v) is 6.56. The fourth-order valence-corrected chi connectivity index (χ4v) is 4.43. The molecule has 1 aliphatic rings. The van der Waals surface area contributed by atoms with Crippen LogP contribution < -0.4 is 0 Å². The molecule has 0 fully saturated rings. The first-order chi connectivity index (χ1) is 17.5. The van der Waals surface area contributed by atoms with Crippen LogP contribution in [0.5, 0.6) is 0 Å². The number of nitrogens with zero attached hydrogens (tertiary/aromatic N) is 4. The summed E-state index contributed by atoms with van der Waals surface area (Å²) in [5.41, 5.74) is 6.54. The Morgan fingerprint density at radius 2 is 1.86 bits per heavy atom. The molecule has 0 unspecified atom stereocenters. The first kappa shape index (κ1) is 24.0. The molecule has 36 heavy (non-hydrogen) atoms. The number of hydrogen-bond donors (Lipinski definition) is 0. The minimum absolute atomic E-state index is 0.336. The molecule has 0 spiro atoms. The summed E-state index contributed by atoms with van der Waals surface area (Å²) in [5, 5.41) is 1.32. The van der Waals surface area contributed by atoms with Crippen molar-refractivity contribution < 1.29 is 4.39 Å². The second kappa shape index (κ2) is 10.5. The molecule has 0 N–H and O–H groups in total. The van der Waals surface area contributed by atoms with E-state index in [1.807, 2.05) is 30.6 Å². The lowest BCUT2D eigenvalue weighted by molar-refractivity contribution is 0.374. The van der Waals surface area contributed by atoms with Gasteiger partial charge in [0.1, 0.15) is 5.82 Å². The molecular weight excluding hydrogens is 471 g/mol. The number of halogens is 2. The molecule has 4 heterocycles. The van der Waals surface area contributed by atoms with Crippen LogP contribution in [-0.4, -0.2) is 40.0 Å². The standard InChI is InChI=1S/C30H26ClFN4/c1-20-7-8-21(5-4-13-36(2)14-11-20)22-15-23(19-33-18-22)26-17-29(27-16-24(31)9-10-28(27)32)35-30-25(26)6-3-12-34-30/h3-10,12,15-19H,11,13-14H2,1-2H3/b5-4+,20-7+,21-8+. The van der Waals surface area contributed by atoms with Gasteiger partial charge in [-0.1, -0.05) is 41.5 Å². The Bertz CT molecular complexity index is 1520. The number of rotatable bonds is 3. The molecular formula is C30H26ClFN4. The first-order valence-electron chi connectivity index (χ1n) is 11.9. The number of pyridine rings is 3. The van der Waals surface area contributed by atoms with Crippen LogP contribution >= 0.6 is 11.6 Å². The van der Waals surface area contributed by atoms with Crippen LogP contribution in [-0.2, 0) is 0 Å². The summed E-state index contributed by atoms with van der Waals surface area (Å²) in [4.78, 5) is 16.0. The van der Waals surface area contributed by atoms with Gasteiger partial charge in [-0.2, -0.15) is 0 Å². The van der Waals surface area contributed by atoms with E-state index in [1.54, 1.807) is 12.3 Å². The Morgan fingerprint density at radius 1 is 1.00 bits per heavy atom. The molecule has 5 rings (SSSR count). The third-order valence-electron chi connectivity index (χ3n) is 6.32. The maximum absolute atomic E-state index is 14.7. The molecule has 4 nitrogen and oxygen atoms in total. The lowest BCUT2D eigenvalue weighted by atomic mass is 9.97. The van der Waals surface area contributed by atoms with Crippen LogP contribution in [0.25, 0.3) is 39.0 Å². The number of benzene rings is 1. The molecule has 180 valence electrons. The molecule has 6 heteroatoms. The summed E-state index contributed by atoms with van der Waals surface area (Å²) in [6, 6.07) is 12.3. The Hall–Kier alpha value is -3.67. The Labute approximate surface area is 215 Å². The Kier molecular flexibility index (Phi) is 7.03. The van der Waals surface area contributed by atoms with E-state index in [2.05, 4.69) is 64.2 Å². The zero-order chi connectivity index (χ0) is 25.1. The second-order valence-electron chi connectivity index (χ2n) is 9.07. The number of hydrogen-bond acceptors (Lipinski definition) is 4. The van der Waals surface area contributed by atoms with Crippen molar-refractivity contribution in [3.05, 3.63) is 107 Å². The topological polar surface area (TPSA) is 41.9 Å². The van der Waals surface area contributed by atoms with Crippen LogP contribution in [0.2, 0.25) is 5.02 Å². The summed E-state index contributed by atoms with van der Waals surface area (Å²) in [6.45, 7) is 4.08. The van der Waals surface area contributed by atoms with Crippen molar-refractivity contribution in [2.45, 2.75) is 13.3 Å². The van der Waals surface area contributed by atoms with Gasteiger partial charge in [0.15, 0.2) is 5.65 Å². The van der Waals surface area contributed by atoms with Crippen molar-refractivity contribution in [3.8, 4) is 22.4 Å². The van der Waals surface area contributed by atoms with Crippen molar-refractivity contribution in [3.63, 3.8) is 0 Å². The van der Waals surface area contributed by atoms with Crippen LogP contribution in [0.1, 0.15) is 18.9 Å². The van der Waals surface area contributed by atoms with Crippen molar-refractivity contribution in [1.29, 1.82) is 0 Å². The molecule has 0 saturated heterocycles. The molecule has 0 atom stereocenters. The molecule has 0 aliphatic carbocycles. The summed E-state index contributed by atoms with van der Waals surface area (Å²) in [7, 11) is 2.13. The second-order valence-corrected chi connectivity index (χ2v) is 9.50. The lowest BCUT2D eigenvalue weighted by Crippen LogP contribution is -2.19. The number of fused-ring (bicyclic) bond motifs is 1. The average Bonchev–Trinajstić information content (AvgIpc) is 2.90. The van der Waals surface area contributed by atoms with Gasteiger partial charge in [-0.05, 0) is 74.0 Å². The highest BCUT2D eigenvalue weighted by Gasteiger charge is 2.14. The highest BCUT2D eigenvalue weighted by atomic mass is 35.5. The van der Waals surface area contributed by atoms with Crippen molar-refractivity contribution in [2.24, 2.45) is 0 Å². The van der Waals surface area contributed by atoms with Gasteiger partial charge in [0.05, 0.1) is 5.69 Å². The van der Waals surface area contributed by atoms with E-state index < -0.39 is 0 Å². The fraction of sp³-hybridized carbons (Fsp3) is 0.167. The molecule has 0 radical (unpaired) electrons. The van der Waals surface area contributed by atoms with Crippen molar-refractivity contribution in [1.82, 2.24) is 19.9 Å². The summed E-state index contributed by atoms with van der Waals surface area (Å²) in [6.07, 6.45) is 15.1. The molecule has 0 amide bonds. The van der Waals surface area contributed by atoms with Gasteiger partial charge in [-0.25, -0.2) is 14.4 Å². The van der Waals surface area contributed by atoms with Gasteiger partial charge < -0.3 is 4.90 Å². The molecule has 1 aliphatic heterocycles. The van der Waals surface area contributed by atoms with Crippen LogP contribution in [0.4, 0.5) is 4.39 Å². The average molecular weight is 497 g/mol. The molecule has 0 saturated carbocycles. The van der Waals surface area contributed by atoms with Gasteiger partial charge in [-0.15, -0.1) is 0 Å². The minimum Gasteiger partial charge on any atom is -0.302 e. The van der Waals surface area contributed by atoms with Crippen molar-refractivity contribution in [2.75, 3.05) is 20.1 Å². The van der Waals surface area contributed by atoms with E-state index in [1.165, 1.54) is 17.7 Å². The van der Waals surface area contributed by atoms with E-state index in [9.17, 15) is 4.39 Å². The van der Waals surface area contributed by atoms with Gasteiger partial charge in [0.25, 0.3) is 0 Å². The lowest BCUT2D eigenvalue weighted by Gasteiger charge is -2.15. The van der Waals surface area contributed by atoms with E-state index in [0.29, 0.717) is 21.9 Å². The zero-order valence-electron chi connectivity index (χ0n) is 20.2. The number of likely N-dealkylation sites (N-methyl/N-ethyl adjacent to an activating group) is 1. The molecule has 1 aromatic carbocycles. The number of aromatic nitrogens is 3. The first-order valence-corrected chi connectivity index (χ1v) is 12.3. The summed E-state index contributed by atoms with van der Waals surface area (Å²) >= 11 is 6.17. The highest BCUT2D eigenvalue weighted by Crippen LogP contribution is 2.34. The van der Waals surface area contributed by atoms with E-state index in [4.69, 9.17) is 11.6 Å². The fourth-order valence-electron chi connectivity index (χ4n) is 4.25. The minimum atomic E-state index is -0.385. The van der Waals surface area contributed by atoms with Crippen LogP contribution in [0, 0.1) is 5.82 Å². The quantitative estimate of drug-likeness (QED) is 0.297. The molecule has 3 aromatic heterocycles. The third kappa shape index (κ3) is 5.27. The van der Waals surface area contributed by atoms with Gasteiger partial charge in [0.2, 0.25) is 0 Å². The maximum atomic E-state index is 14.7. The molecule has 0 bridgehead atoms. The van der Waals surface area contributed by atoms with Crippen LogP contribution in [0.15, 0.2) is 90.9 Å². The predicted molar refractivity (Wildman–Crippen MR) is 146 cm³/mol. The molecule has 4 aromatic rings. The van der Waals surface area contributed by atoms with E-state index in [0.717, 1.165) is 47.2 Å². The normalized spacial score (nSPS) is 18.8. The smallest absolute Gasteiger partial charge is 0.160 e. The van der Waals surface area contributed by atoms with Gasteiger partial charge in [0, 0.05) is 58.8 Å². The summed E-state index contributed by atoms with van der Waals surface area (Å²) < 4.78 is 14.7. The monoisotopic (exact) mass is 496 g/mol. The predicted octanol–water partition coefficient (Wildman–Crippen LogP) is 7.37. The largest absolute Gasteiger partial charge is 0.302 e. The van der Waals surface area contributed by atoms with Gasteiger partial charge in [-0.3, -0.25) is 4.98 Å². The Balaban J connectivity index is 1.65. The Morgan fingerprint density at radius 3 is 2.75 bits per heavy atom. The summed E-state index contributed by atoms with van der Waals surface area (Å²) in [5.74, 6) is -0.385. The highest BCUT2D eigenvalue weighted by molar-refractivity contribution is 6.30. The zero-order valence-corrected chi connectivity index (χ0v) is 21.0. The van der Waals surface area contributed by atoms with Crippen LogP contribution in [0.3, 0.4) is 0 Å². The maximum Gasteiger partial charge on any atom is 0.160 e. The SMILES string of the molecule is C\C1=C/C=C(c2cncc(-c3cc(-c4cc(Cl)ccc4F)nc4ncccc34)c2)\C=C\CN(C)CC1.